The molecular weight excluding hydrogens is 361 g/mol. The number of carbonyl (C=O) groups excluding carboxylic acids is 1. The highest BCUT2D eigenvalue weighted by Gasteiger charge is 2.24. The van der Waals surface area contributed by atoms with Gasteiger partial charge in [0.2, 0.25) is 11.6 Å². The first-order valence-corrected chi connectivity index (χ1v) is 9.21. The van der Waals surface area contributed by atoms with Crippen molar-refractivity contribution in [3.8, 4) is 0 Å². The van der Waals surface area contributed by atoms with Gasteiger partial charge in [0.1, 0.15) is 5.82 Å². The number of pyridine rings is 1. The van der Waals surface area contributed by atoms with Gasteiger partial charge in [-0.05, 0) is 17.7 Å². The number of benzene rings is 1. The van der Waals surface area contributed by atoms with Crippen molar-refractivity contribution in [2.75, 3.05) is 50.1 Å². The molecule has 8 heteroatoms. The van der Waals surface area contributed by atoms with E-state index in [1.54, 1.807) is 0 Å². The predicted octanol–water partition coefficient (Wildman–Crippen LogP) is 2.32. The van der Waals surface area contributed by atoms with Crippen LogP contribution in [0.15, 0.2) is 40.9 Å². The van der Waals surface area contributed by atoms with Gasteiger partial charge in [-0.15, -0.1) is 0 Å². The molecule has 4 rings (SSSR count). The molecule has 1 amide bonds. The van der Waals surface area contributed by atoms with Gasteiger partial charge in [0.15, 0.2) is 5.58 Å². The number of halogens is 1. The maximum absolute atomic E-state index is 13.3. The number of rotatable bonds is 4. The second-order valence-corrected chi connectivity index (χ2v) is 7.08. The van der Waals surface area contributed by atoms with Crippen molar-refractivity contribution in [3.05, 3.63) is 47.9 Å². The molecule has 0 saturated carbocycles. The largest absolute Gasteiger partial charge is 0.422 e. The molecule has 3 aromatic rings. The predicted molar refractivity (Wildman–Crippen MR) is 105 cm³/mol. The Morgan fingerprint density at radius 1 is 1.18 bits per heavy atom. The van der Waals surface area contributed by atoms with E-state index in [1.807, 2.05) is 53.1 Å². The zero-order chi connectivity index (χ0) is 19.7. The first kappa shape index (κ1) is 18.2. The van der Waals surface area contributed by atoms with Gasteiger partial charge in [-0.1, -0.05) is 12.1 Å². The summed E-state index contributed by atoms with van der Waals surface area (Å²) in [7, 11) is 3.98. The van der Waals surface area contributed by atoms with Gasteiger partial charge in [0.25, 0.3) is 6.01 Å². The minimum Gasteiger partial charge on any atom is -0.422 e. The topological polar surface area (TPSA) is 65.7 Å². The molecule has 0 bridgehead atoms. The number of oxazole rings is 1. The second-order valence-electron chi connectivity index (χ2n) is 7.08. The molecule has 0 atom stereocenters. The van der Waals surface area contributed by atoms with Crippen molar-refractivity contribution >= 4 is 28.8 Å². The normalized spacial score (nSPS) is 14.5. The van der Waals surface area contributed by atoms with Crippen molar-refractivity contribution in [2.45, 2.75) is 6.42 Å². The summed E-state index contributed by atoms with van der Waals surface area (Å²) in [4.78, 5) is 26.7. The van der Waals surface area contributed by atoms with Crippen LogP contribution < -0.4 is 9.80 Å². The minimum absolute atomic E-state index is 0.110. The molecule has 7 nitrogen and oxygen atoms in total. The van der Waals surface area contributed by atoms with Crippen molar-refractivity contribution in [3.63, 3.8) is 0 Å². The highest BCUT2D eigenvalue weighted by molar-refractivity contribution is 5.79. The Balaban J connectivity index is 1.35. The molecule has 3 heterocycles. The molecule has 0 unspecified atom stereocenters. The number of hydrogen-bond donors (Lipinski definition) is 0. The molecule has 1 fully saturated rings. The van der Waals surface area contributed by atoms with E-state index >= 15 is 0 Å². The molecule has 1 aliphatic heterocycles. The molecule has 0 N–H and O–H groups in total. The smallest absolute Gasteiger partial charge is 0.300 e. The number of hydrogen-bond acceptors (Lipinski definition) is 6. The van der Waals surface area contributed by atoms with E-state index in [0.29, 0.717) is 49.8 Å². The fraction of sp³-hybridized carbons (Fsp3) is 0.350. The number of piperazine rings is 1. The third kappa shape index (κ3) is 3.76. The Morgan fingerprint density at radius 3 is 2.57 bits per heavy atom. The van der Waals surface area contributed by atoms with Crippen LogP contribution in [-0.2, 0) is 11.2 Å². The van der Waals surface area contributed by atoms with E-state index in [0.717, 1.165) is 17.4 Å². The third-order valence-corrected chi connectivity index (χ3v) is 4.91. The van der Waals surface area contributed by atoms with Crippen LogP contribution >= 0.6 is 0 Å². The number of nitrogens with zero attached hydrogens (tertiary/aromatic N) is 5. The maximum Gasteiger partial charge on any atom is 0.300 e. The van der Waals surface area contributed by atoms with Crippen LogP contribution in [0.25, 0.3) is 11.2 Å². The van der Waals surface area contributed by atoms with Crippen LogP contribution in [0.4, 0.5) is 16.1 Å². The van der Waals surface area contributed by atoms with E-state index in [1.165, 1.54) is 6.07 Å². The molecule has 146 valence electrons. The average Bonchev–Trinajstić information content (AvgIpc) is 3.11. The number of carbonyl (C=O) groups is 1. The van der Waals surface area contributed by atoms with Gasteiger partial charge in [0, 0.05) is 52.0 Å². The van der Waals surface area contributed by atoms with Crippen LogP contribution in [0.3, 0.4) is 0 Å². The minimum atomic E-state index is -0.454. The van der Waals surface area contributed by atoms with Crippen LogP contribution in [0, 0.1) is 5.82 Å². The Morgan fingerprint density at radius 2 is 1.89 bits per heavy atom. The third-order valence-electron chi connectivity index (χ3n) is 4.91. The average molecular weight is 383 g/mol. The van der Waals surface area contributed by atoms with Crippen LogP contribution in [0.1, 0.15) is 5.56 Å². The first-order valence-electron chi connectivity index (χ1n) is 9.21. The van der Waals surface area contributed by atoms with E-state index in [-0.39, 0.29) is 5.91 Å². The van der Waals surface area contributed by atoms with E-state index in [4.69, 9.17) is 4.42 Å². The van der Waals surface area contributed by atoms with Gasteiger partial charge < -0.3 is 19.1 Å². The standard InChI is InChI=1S/C20H22FN5O2/c1-24(2)16-5-3-14(4-6-16)11-18(27)25-7-9-26(10-8-25)20-23-19-17(28-20)12-15(21)13-22-19/h3-6,12-13H,7-11H2,1-2H3. The van der Waals surface area contributed by atoms with Crippen molar-refractivity contribution in [1.82, 2.24) is 14.9 Å². The molecule has 0 spiro atoms. The Kier molecular flexibility index (Phi) is 4.85. The van der Waals surface area contributed by atoms with Gasteiger partial charge >= 0.3 is 0 Å². The number of anilines is 2. The number of amides is 1. The van der Waals surface area contributed by atoms with Gasteiger partial charge in [-0.3, -0.25) is 4.79 Å². The van der Waals surface area contributed by atoms with Crippen molar-refractivity contribution in [1.29, 1.82) is 0 Å². The van der Waals surface area contributed by atoms with Gasteiger partial charge in [-0.25, -0.2) is 9.37 Å². The lowest BCUT2D eigenvalue weighted by Crippen LogP contribution is -2.49. The fourth-order valence-electron chi connectivity index (χ4n) is 3.27. The summed E-state index contributed by atoms with van der Waals surface area (Å²) < 4.78 is 18.9. The molecule has 2 aromatic heterocycles. The van der Waals surface area contributed by atoms with Gasteiger partial charge in [-0.2, -0.15) is 4.98 Å². The van der Waals surface area contributed by atoms with Crippen LogP contribution in [-0.4, -0.2) is 61.0 Å². The molecular formula is C20H22FN5O2. The van der Waals surface area contributed by atoms with E-state index in [9.17, 15) is 9.18 Å². The molecule has 1 aliphatic rings. The molecule has 1 aromatic carbocycles. The van der Waals surface area contributed by atoms with Crippen LogP contribution in [0.5, 0.6) is 0 Å². The van der Waals surface area contributed by atoms with E-state index < -0.39 is 5.82 Å². The van der Waals surface area contributed by atoms with Crippen molar-refractivity contribution in [2.24, 2.45) is 0 Å². The summed E-state index contributed by atoms with van der Waals surface area (Å²) in [6.07, 6.45) is 1.51. The summed E-state index contributed by atoms with van der Waals surface area (Å²) in [5, 5.41) is 0. The fourth-order valence-corrected chi connectivity index (χ4v) is 3.27. The summed E-state index contributed by atoms with van der Waals surface area (Å²) >= 11 is 0. The van der Waals surface area contributed by atoms with Crippen LogP contribution in [0.2, 0.25) is 0 Å². The first-order chi connectivity index (χ1) is 13.5. The molecule has 0 radical (unpaired) electrons. The Bertz CT molecular complexity index is 978. The van der Waals surface area contributed by atoms with E-state index in [2.05, 4.69) is 9.97 Å². The summed E-state index contributed by atoms with van der Waals surface area (Å²) in [6, 6.07) is 9.72. The summed E-state index contributed by atoms with van der Waals surface area (Å²) in [5.74, 6) is -0.345. The SMILES string of the molecule is CN(C)c1ccc(CC(=O)N2CCN(c3nc4ncc(F)cc4o3)CC2)cc1. The second kappa shape index (κ2) is 7.46. The monoisotopic (exact) mass is 383 g/mol. The lowest BCUT2D eigenvalue weighted by Gasteiger charge is -2.33. The highest BCUT2D eigenvalue weighted by atomic mass is 19.1. The quantitative estimate of drug-likeness (QED) is 0.689. The Labute approximate surface area is 162 Å². The number of aromatic nitrogens is 2. The number of fused-ring (bicyclic) bond motifs is 1. The summed E-state index contributed by atoms with van der Waals surface area (Å²) in [5.41, 5.74) is 2.83. The highest BCUT2D eigenvalue weighted by Crippen LogP contribution is 2.22. The zero-order valence-electron chi connectivity index (χ0n) is 15.9. The lowest BCUT2D eigenvalue weighted by atomic mass is 10.1. The molecule has 1 saturated heterocycles. The molecule has 0 aliphatic carbocycles. The van der Waals surface area contributed by atoms with Gasteiger partial charge in [0.05, 0.1) is 12.6 Å². The Hall–Kier alpha value is -3.16. The summed E-state index contributed by atoms with van der Waals surface area (Å²) in [6.45, 7) is 2.41. The molecule has 28 heavy (non-hydrogen) atoms. The zero-order valence-corrected chi connectivity index (χ0v) is 15.9. The van der Waals surface area contributed by atoms with Crippen molar-refractivity contribution < 1.29 is 13.6 Å². The maximum atomic E-state index is 13.3. The lowest BCUT2D eigenvalue weighted by molar-refractivity contribution is -0.130.